The van der Waals surface area contributed by atoms with E-state index in [1.807, 2.05) is 11.4 Å². The number of carbonyl (C=O) groups is 1. The third-order valence-corrected chi connectivity index (χ3v) is 4.69. The molecule has 134 valence electrons. The third-order valence-electron chi connectivity index (χ3n) is 3.38. The topological polar surface area (TPSA) is 60.5 Å². The maximum Gasteiger partial charge on any atom is 0.264 e. The summed E-state index contributed by atoms with van der Waals surface area (Å²) >= 11 is 13.3. The van der Waals surface area contributed by atoms with Crippen LogP contribution in [0, 0.1) is 0 Å². The number of rotatable bonds is 6. The standard InChI is InChI=1S/C18H14Cl2N2O3S/c1-24-16-7-2-11(8-14(16)20)15-10-26-18(21-15)22-17(23)9-25-13-5-3-12(19)4-6-13/h2-8,10H,9H2,1H3,(H,21,22,23). The van der Waals surface area contributed by atoms with Gasteiger partial charge in [-0.15, -0.1) is 11.3 Å². The summed E-state index contributed by atoms with van der Waals surface area (Å²) in [4.78, 5) is 16.4. The van der Waals surface area contributed by atoms with Gasteiger partial charge in [0.2, 0.25) is 0 Å². The normalized spacial score (nSPS) is 10.4. The Kier molecular flexibility index (Phi) is 5.98. The smallest absolute Gasteiger partial charge is 0.264 e. The third kappa shape index (κ3) is 4.66. The summed E-state index contributed by atoms with van der Waals surface area (Å²) in [6.07, 6.45) is 0. The van der Waals surface area contributed by atoms with Crippen molar-refractivity contribution in [2.75, 3.05) is 19.0 Å². The van der Waals surface area contributed by atoms with Crippen LogP contribution in [0.3, 0.4) is 0 Å². The number of aromatic nitrogens is 1. The first-order valence-corrected chi connectivity index (χ1v) is 9.16. The van der Waals surface area contributed by atoms with Gasteiger partial charge in [-0.25, -0.2) is 4.98 Å². The molecular weight excluding hydrogens is 395 g/mol. The molecule has 0 atom stereocenters. The van der Waals surface area contributed by atoms with Crippen molar-refractivity contribution in [3.63, 3.8) is 0 Å². The fraction of sp³-hybridized carbons (Fsp3) is 0.111. The van der Waals surface area contributed by atoms with Gasteiger partial charge in [0.1, 0.15) is 11.5 Å². The highest BCUT2D eigenvalue weighted by atomic mass is 35.5. The second-order valence-corrected chi connectivity index (χ2v) is 6.88. The minimum absolute atomic E-state index is 0.120. The zero-order chi connectivity index (χ0) is 18.5. The Morgan fingerprint density at radius 1 is 1.19 bits per heavy atom. The molecule has 0 bridgehead atoms. The van der Waals surface area contributed by atoms with Crippen LogP contribution in [-0.4, -0.2) is 24.6 Å². The Labute approximate surface area is 164 Å². The van der Waals surface area contributed by atoms with Gasteiger partial charge in [-0.2, -0.15) is 0 Å². The van der Waals surface area contributed by atoms with Crippen LogP contribution in [0.4, 0.5) is 5.13 Å². The summed E-state index contributed by atoms with van der Waals surface area (Å²) in [6, 6.07) is 12.2. The number of thiazole rings is 1. The van der Waals surface area contributed by atoms with Gasteiger partial charge in [-0.1, -0.05) is 23.2 Å². The molecule has 3 aromatic rings. The second-order valence-electron chi connectivity index (χ2n) is 5.18. The number of methoxy groups -OCH3 is 1. The van der Waals surface area contributed by atoms with E-state index < -0.39 is 0 Å². The first-order valence-electron chi connectivity index (χ1n) is 7.53. The molecule has 0 aliphatic rings. The number of hydrogen-bond donors (Lipinski definition) is 1. The van der Waals surface area contributed by atoms with Crippen molar-refractivity contribution in [3.8, 4) is 22.8 Å². The number of amides is 1. The lowest BCUT2D eigenvalue weighted by Gasteiger charge is -2.06. The number of benzene rings is 2. The predicted octanol–water partition coefficient (Wildman–Crippen LogP) is 5.14. The van der Waals surface area contributed by atoms with Crippen molar-refractivity contribution >= 4 is 45.6 Å². The molecule has 1 heterocycles. The highest BCUT2D eigenvalue weighted by Crippen LogP contribution is 2.31. The largest absolute Gasteiger partial charge is 0.495 e. The van der Waals surface area contributed by atoms with Crippen molar-refractivity contribution in [1.82, 2.24) is 4.98 Å². The average molecular weight is 409 g/mol. The summed E-state index contributed by atoms with van der Waals surface area (Å²) in [5, 5.41) is 6.14. The van der Waals surface area contributed by atoms with E-state index in [2.05, 4.69) is 10.3 Å². The van der Waals surface area contributed by atoms with Crippen LogP contribution < -0.4 is 14.8 Å². The molecule has 5 nitrogen and oxygen atoms in total. The van der Waals surface area contributed by atoms with Crippen LogP contribution in [0.1, 0.15) is 0 Å². The van der Waals surface area contributed by atoms with Crippen molar-refractivity contribution in [3.05, 3.63) is 57.9 Å². The highest BCUT2D eigenvalue weighted by molar-refractivity contribution is 7.14. The van der Waals surface area contributed by atoms with Gasteiger partial charge >= 0.3 is 0 Å². The Hall–Kier alpha value is -2.28. The summed E-state index contributed by atoms with van der Waals surface area (Å²) in [5.41, 5.74) is 1.55. The van der Waals surface area contributed by atoms with Gasteiger partial charge in [0.05, 0.1) is 17.8 Å². The van der Waals surface area contributed by atoms with Gasteiger partial charge in [-0.05, 0) is 42.5 Å². The molecule has 1 aromatic heterocycles. The van der Waals surface area contributed by atoms with Gasteiger partial charge in [0, 0.05) is 16.0 Å². The quantitative estimate of drug-likeness (QED) is 0.612. The number of carbonyl (C=O) groups excluding carboxylic acids is 1. The van der Waals surface area contributed by atoms with E-state index in [-0.39, 0.29) is 12.5 Å². The van der Waals surface area contributed by atoms with Crippen LogP contribution in [0.5, 0.6) is 11.5 Å². The number of halogens is 2. The van der Waals surface area contributed by atoms with Crippen molar-refractivity contribution in [2.45, 2.75) is 0 Å². The van der Waals surface area contributed by atoms with Crippen molar-refractivity contribution in [1.29, 1.82) is 0 Å². The molecular formula is C18H14Cl2N2O3S. The van der Waals surface area contributed by atoms with E-state index in [1.54, 1.807) is 43.5 Å². The van der Waals surface area contributed by atoms with E-state index in [1.165, 1.54) is 11.3 Å². The van der Waals surface area contributed by atoms with Gasteiger partial charge in [0.25, 0.3) is 5.91 Å². The molecule has 0 aliphatic carbocycles. The highest BCUT2D eigenvalue weighted by Gasteiger charge is 2.10. The number of nitrogens with zero attached hydrogens (tertiary/aromatic N) is 1. The number of ether oxygens (including phenoxy) is 2. The fourth-order valence-electron chi connectivity index (χ4n) is 2.12. The summed E-state index contributed by atoms with van der Waals surface area (Å²) < 4.78 is 10.5. The molecule has 0 saturated carbocycles. The molecule has 0 spiro atoms. The minimum Gasteiger partial charge on any atom is -0.495 e. The van der Waals surface area contributed by atoms with Crippen LogP contribution in [0.15, 0.2) is 47.8 Å². The van der Waals surface area contributed by atoms with Crippen LogP contribution >= 0.6 is 34.5 Å². The summed E-state index contributed by atoms with van der Waals surface area (Å²) in [5.74, 6) is 0.865. The first kappa shape index (κ1) is 18.5. The van der Waals surface area contributed by atoms with Gasteiger partial charge in [0.15, 0.2) is 11.7 Å². The van der Waals surface area contributed by atoms with Crippen LogP contribution in [-0.2, 0) is 4.79 Å². The molecule has 0 aliphatic heterocycles. The summed E-state index contributed by atoms with van der Waals surface area (Å²) in [7, 11) is 1.56. The molecule has 0 unspecified atom stereocenters. The van der Waals surface area contributed by atoms with Crippen molar-refractivity contribution in [2.24, 2.45) is 0 Å². The molecule has 1 N–H and O–H groups in total. The molecule has 1 amide bonds. The number of anilines is 1. The van der Waals surface area contributed by atoms with E-state index in [0.717, 1.165) is 5.56 Å². The zero-order valence-corrected chi connectivity index (χ0v) is 16.0. The molecule has 0 saturated heterocycles. The predicted molar refractivity (Wildman–Crippen MR) is 105 cm³/mol. The number of hydrogen-bond acceptors (Lipinski definition) is 5. The van der Waals surface area contributed by atoms with Crippen molar-refractivity contribution < 1.29 is 14.3 Å². The molecule has 2 aromatic carbocycles. The first-order chi connectivity index (χ1) is 12.5. The maximum atomic E-state index is 12.0. The minimum atomic E-state index is -0.298. The van der Waals surface area contributed by atoms with Gasteiger partial charge < -0.3 is 9.47 Å². The average Bonchev–Trinajstić information content (AvgIpc) is 3.09. The van der Waals surface area contributed by atoms with E-state index in [9.17, 15) is 4.79 Å². The second kappa shape index (κ2) is 8.40. The maximum absolute atomic E-state index is 12.0. The Balaban J connectivity index is 1.60. The molecule has 26 heavy (non-hydrogen) atoms. The molecule has 3 rings (SSSR count). The molecule has 8 heteroatoms. The Bertz CT molecular complexity index is 913. The lowest BCUT2D eigenvalue weighted by molar-refractivity contribution is -0.118. The molecule has 0 radical (unpaired) electrons. The monoisotopic (exact) mass is 408 g/mol. The van der Waals surface area contributed by atoms with E-state index in [4.69, 9.17) is 32.7 Å². The van der Waals surface area contributed by atoms with Crippen LogP contribution in [0.25, 0.3) is 11.3 Å². The summed E-state index contributed by atoms with van der Waals surface area (Å²) in [6.45, 7) is -0.120. The van der Waals surface area contributed by atoms with E-state index >= 15 is 0 Å². The molecule has 0 fully saturated rings. The fourth-order valence-corrected chi connectivity index (χ4v) is 3.24. The van der Waals surface area contributed by atoms with Gasteiger partial charge in [-0.3, -0.25) is 10.1 Å². The van der Waals surface area contributed by atoms with E-state index in [0.29, 0.717) is 32.4 Å². The van der Waals surface area contributed by atoms with Crippen LogP contribution in [0.2, 0.25) is 10.0 Å². The lowest BCUT2D eigenvalue weighted by atomic mass is 10.2. The zero-order valence-electron chi connectivity index (χ0n) is 13.7. The SMILES string of the molecule is COc1ccc(-c2csc(NC(=O)COc3ccc(Cl)cc3)n2)cc1Cl. The lowest BCUT2D eigenvalue weighted by Crippen LogP contribution is -2.20. The Morgan fingerprint density at radius 3 is 2.65 bits per heavy atom. The number of nitrogens with one attached hydrogen (secondary N) is 1. The Morgan fingerprint density at radius 2 is 1.96 bits per heavy atom.